The number of ether oxygens (including phenoxy) is 1. The number of carbonyl (C=O) groups is 2. The lowest BCUT2D eigenvalue weighted by Gasteiger charge is -2.11. The van der Waals surface area contributed by atoms with Gasteiger partial charge in [0.15, 0.2) is 5.82 Å². The van der Waals surface area contributed by atoms with E-state index < -0.39 is 5.97 Å². The fraction of sp³-hybridized carbons (Fsp3) is 0.312. The number of hydrogen-bond donors (Lipinski definition) is 2. The number of nitrogens with one attached hydrogen (secondary N) is 1. The Labute approximate surface area is 133 Å². The molecule has 7 nitrogen and oxygen atoms in total. The molecule has 1 atom stereocenters. The Bertz CT molecular complexity index is 679. The predicted octanol–water partition coefficient (Wildman–Crippen LogP) is 1.79. The number of hydrogen-bond acceptors (Lipinski definition) is 4. The third-order valence-corrected chi connectivity index (χ3v) is 3.34. The summed E-state index contributed by atoms with van der Waals surface area (Å²) < 4.78 is 6.35. The fourth-order valence-corrected chi connectivity index (χ4v) is 2.11. The summed E-state index contributed by atoms with van der Waals surface area (Å²) >= 11 is 0. The lowest BCUT2D eigenvalue weighted by Crippen LogP contribution is -2.22. The molecule has 0 spiro atoms. The predicted molar refractivity (Wildman–Crippen MR) is 84.4 cm³/mol. The number of nitrogens with zero attached hydrogens (tertiary/aromatic N) is 2. The molecule has 7 heteroatoms. The van der Waals surface area contributed by atoms with Gasteiger partial charge in [-0.25, -0.2) is 0 Å². The van der Waals surface area contributed by atoms with Crippen LogP contribution in [-0.2, 0) is 22.6 Å². The van der Waals surface area contributed by atoms with Gasteiger partial charge in [-0.05, 0) is 24.1 Å². The summed E-state index contributed by atoms with van der Waals surface area (Å²) in [5, 5.41) is 15.4. The number of aromatic nitrogens is 2. The highest BCUT2D eigenvalue weighted by Gasteiger charge is 2.15. The van der Waals surface area contributed by atoms with Crippen LogP contribution in [0.25, 0.3) is 0 Å². The largest absolute Gasteiger partial charge is 0.497 e. The second-order valence-electron chi connectivity index (χ2n) is 5.23. The molecule has 23 heavy (non-hydrogen) atoms. The molecule has 0 aliphatic carbocycles. The number of rotatable bonds is 7. The molecule has 2 rings (SSSR count). The van der Waals surface area contributed by atoms with Crippen molar-refractivity contribution in [2.75, 3.05) is 12.4 Å². The lowest BCUT2D eigenvalue weighted by atomic mass is 10.0. The van der Waals surface area contributed by atoms with Crippen LogP contribution in [0.15, 0.2) is 36.5 Å². The summed E-state index contributed by atoms with van der Waals surface area (Å²) in [6.07, 6.45) is 2.10. The van der Waals surface area contributed by atoms with Gasteiger partial charge in [0.25, 0.3) is 0 Å². The van der Waals surface area contributed by atoms with E-state index in [9.17, 15) is 9.59 Å². The summed E-state index contributed by atoms with van der Waals surface area (Å²) in [4.78, 5) is 22.8. The highest BCUT2D eigenvalue weighted by atomic mass is 16.5. The topological polar surface area (TPSA) is 93.5 Å². The van der Waals surface area contributed by atoms with Crippen LogP contribution < -0.4 is 10.1 Å². The standard InChI is InChI=1S/C16H19N3O4/c1-11(9-12-3-5-13(23-2)6-4-12)16(22)17-14-7-8-19(18-14)10-15(20)21/h3-8,11H,9-10H2,1-2H3,(H,20,21)(H,17,18,22). The van der Waals surface area contributed by atoms with Crippen LogP contribution >= 0.6 is 0 Å². The van der Waals surface area contributed by atoms with Crippen molar-refractivity contribution in [3.63, 3.8) is 0 Å². The Kier molecular flexibility index (Phi) is 5.35. The molecular formula is C16H19N3O4. The summed E-state index contributed by atoms with van der Waals surface area (Å²) in [5.74, 6) is -0.277. The monoisotopic (exact) mass is 317 g/mol. The van der Waals surface area contributed by atoms with Crippen molar-refractivity contribution >= 4 is 17.7 Å². The highest BCUT2D eigenvalue weighted by molar-refractivity contribution is 5.91. The quantitative estimate of drug-likeness (QED) is 0.812. The third kappa shape index (κ3) is 4.84. The minimum atomic E-state index is -0.987. The van der Waals surface area contributed by atoms with Gasteiger partial charge in [-0.3, -0.25) is 14.3 Å². The number of carbonyl (C=O) groups excluding carboxylic acids is 1. The minimum Gasteiger partial charge on any atom is -0.497 e. The van der Waals surface area contributed by atoms with Gasteiger partial charge in [-0.2, -0.15) is 5.10 Å². The molecule has 1 aromatic carbocycles. The lowest BCUT2D eigenvalue weighted by molar-refractivity contribution is -0.137. The first kappa shape index (κ1) is 16.5. The fourth-order valence-electron chi connectivity index (χ4n) is 2.11. The zero-order chi connectivity index (χ0) is 16.8. The molecular weight excluding hydrogens is 298 g/mol. The van der Waals surface area contributed by atoms with Crippen LogP contribution in [0.4, 0.5) is 5.82 Å². The molecule has 0 radical (unpaired) electrons. The number of amides is 1. The molecule has 122 valence electrons. The molecule has 1 aromatic heterocycles. The molecule has 0 bridgehead atoms. The number of anilines is 1. The van der Waals surface area contributed by atoms with E-state index in [2.05, 4.69) is 10.4 Å². The molecule has 0 saturated heterocycles. The zero-order valence-electron chi connectivity index (χ0n) is 13.0. The van der Waals surface area contributed by atoms with Crippen LogP contribution in [0.5, 0.6) is 5.75 Å². The summed E-state index contributed by atoms with van der Waals surface area (Å²) in [6, 6.07) is 9.12. The molecule has 0 aliphatic rings. The van der Waals surface area contributed by atoms with E-state index in [1.165, 1.54) is 10.9 Å². The Morgan fingerprint density at radius 2 is 2.00 bits per heavy atom. The van der Waals surface area contributed by atoms with E-state index in [0.29, 0.717) is 12.2 Å². The van der Waals surface area contributed by atoms with Gasteiger partial charge in [0.05, 0.1) is 7.11 Å². The van der Waals surface area contributed by atoms with Crippen molar-refractivity contribution in [1.29, 1.82) is 0 Å². The van der Waals surface area contributed by atoms with Crippen LogP contribution in [0.2, 0.25) is 0 Å². The molecule has 1 amide bonds. The average molecular weight is 317 g/mol. The molecule has 1 unspecified atom stereocenters. The van der Waals surface area contributed by atoms with Crippen molar-refractivity contribution in [2.24, 2.45) is 5.92 Å². The van der Waals surface area contributed by atoms with Gasteiger partial charge in [0.2, 0.25) is 5.91 Å². The van der Waals surface area contributed by atoms with E-state index in [1.54, 1.807) is 13.2 Å². The summed E-state index contributed by atoms with van der Waals surface area (Å²) in [6.45, 7) is 1.59. The van der Waals surface area contributed by atoms with Gasteiger partial charge in [0.1, 0.15) is 12.3 Å². The molecule has 0 saturated carbocycles. The Morgan fingerprint density at radius 1 is 1.30 bits per heavy atom. The first-order chi connectivity index (χ1) is 11.0. The normalized spacial score (nSPS) is 11.7. The van der Waals surface area contributed by atoms with E-state index in [-0.39, 0.29) is 18.4 Å². The molecule has 0 fully saturated rings. The molecule has 2 aromatic rings. The first-order valence-electron chi connectivity index (χ1n) is 7.17. The van der Waals surface area contributed by atoms with Crippen molar-refractivity contribution < 1.29 is 19.4 Å². The van der Waals surface area contributed by atoms with E-state index in [1.807, 2.05) is 31.2 Å². The van der Waals surface area contributed by atoms with Crippen LogP contribution in [-0.4, -0.2) is 33.9 Å². The first-order valence-corrected chi connectivity index (χ1v) is 7.17. The third-order valence-electron chi connectivity index (χ3n) is 3.34. The van der Waals surface area contributed by atoms with Gasteiger partial charge < -0.3 is 15.2 Å². The Morgan fingerprint density at radius 3 is 2.61 bits per heavy atom. The van der Waals surface area contributed by atoms with Crippen molar-refractivity contribution in [3.8, 4) is 5.75 Å². The molecule has 2 N–H and O–H groups in total. The SMILES string of the molecule is COc1ccc(CC(C)C(=O)Nc2ccn(CC(=O)O)n2)cc1. The number of carboxylic acids is 1. The Hall–Kier alpha value is -2.83. The zero-order valence-corrected chi connectivity index (χ0v) is 13.0. The summed E-state index contributed by atoms with van der Waals surface area (Å²) in [7, 11) is 1.61. The second-order valence-corrected chi connectivity index (χ2v) is 5.23. The van der Waals surface area contributed by atoms with E-state index in [4.69, 9.17) is 9.84 Å². The molecule has 1 heterocycles. The summed E-state index contributed by atoms with van der Waals surface area (Å²) in [5.41, 5.74) is 1.03. The smallest absolute Gasteiger partial charge is 0.325 e. The number of benzene rings is 1. The van der Waals surface area contributed by atoms with Gasteiger partial charge in [-0.15, -0.1) is 0 Å². The van der Waals surface area contributed by atoms with E-state index in [0.717, 1.165) is 11.3 Å². The van der Waals surface area contributed by atoms with Crippen molar-refractivity contribution in [2.45, 2.75) is 19.9 Å². The number of methoxy groups -OCH3 is 1. The average Bonchev–Trinajstić information content (AvgIpc) is 2.94. The van der Waals surface area contributed by atoms with Crippen LogP contribution in [0.3, 0.4) is 0 Å². The van der Waals surface area contributed by atoms with Crippen LogP contribution in [0.1, 0.15) is 12.5 Å². The maximum absolute atomic E-state index is 12.2. The highest BCUT2D eigenvalue weighted by Crippen LogP contribution is 2.15. The van der Waals surface area contributed by atoms with Crippen LogP contribution in [0, 0.1) is 5.92 Å². The maximum atomic E-state index is 12.2. The van der Waals surface area contributed by atoms with Gasteiger partial charge in [-0.1, -0.05) is 19.1 Å². The van der Waals surface area contributed by atoms with E-state index >= 15 is 0 Å². The maximum Gasteiger partial charge on any atom is 0.325 e. The van der Waals surface area contributed by atoms with Crippen molar-refractivity contribution in [1.82, 2.24) is 9.78 Å². The van der Waals surface area contributed by atoms with Gasteiger partial charge in [0, 0.05) is 18.2 Å². The van der Waals surface area contributed by atoms with Gasteiger partial charge >= 0.3 is 5.97 Å². The Balaban J connectivity index is 1.91. The van der Waals surface area contributed by atoms with Crippen molar-refractivity contribution in [3.05, 3.63) is 42.1 Å². The molecule has 0 aliphatic heterocycles. The number of carboxylic acid groups (broad SMARTS) is 1. The minimum absolute atomic E-state index is 0.165. The second kappa shape index (κ2) is 7.44. The number of aliphatic carboxylic acids is 1.